The molecule has 13 heteroatoms. The van der Waals surface area contributed by atoms with Crippen LogP contribution in [0.25, 0.3) is 0 Å². The van der Waals surface area contributed by atoms with E-state index in [1.54, 1.807) is 18.4 Å². The van der Waals surface area contributed by atoms with Gasteiger partial charge in [0.05, 0.1) is 12.5 Å². The van der Waals surface area contributed by atoms with Crippen LogP contribution in [0.2, 0.25) is 0 Å². The molecule has 0 radical (unpaired) electrons. The van der Waals surface area contributed by atoms with E-state index in [0.717, 1.165) is 0 Å². The van der Waals surface area contributed by atoms with E-state index >= 15 is 0 Å². The van der Waals surface area contributed by atoms with E-state index in [1.807, 2.05) is 13.8 Å². The van der Waals surface area contributed by atoms with Crippen molar-refractivity contribution in [1.29, 1.82) is 0 Å². The molecule has 0 fully saturated rings. The lowest BCUT2D eigenvalue weighted by Gasteiger charge is -2.25. The van der Waals surface area contributed by atoms with Gasteiger partial charge < -0.3 is 37.0 Å². The summed E-state index contributed by atoms with van der Waals surface area (Å²) in [6.07, 6.45) is 1.49. The van der Waals surface area contributed by atoms with Crippen molar-refractivity contribution < 1.29 is 39.3 Å². The van der Waals surface area contributed by atoms with Crippen molar-refractivity contribution in [3.63, 3.8) is 0 Å². The highest BCUT2D eigenvalue weighted by atomic mass is 32.2. The number of thioether (sulfide) groups is 1. The number of carbonyl (C=O) groups is 5. The average Bonchev–Trinajstić information content (AvgIpc) is 2.81. The van der Waals surface area contributed by atoms with E-state index in [-0.39, 0.29) is 24.5 Å². The summed E-state index contributed by atoms with van der Waals surface area (Å²) in [4.78, 5) is 61.1. The Morgan fingerprint density at radius 3 is 1.95 bits per heavy atom. The SMILES string of the molecule is CSCCC(NC(=O)C(Cc1ccc(O)cc1)NC(=O)C(N)CC(C)C)C(=O)NC(CC(=O)O)C(=O)O. The molecule has 0 heterocycles. The quantitative estimate of drug-likeness (QED) is 0.150. The third-order valence-corrected chi connectivity index (χ3v) is 5.95. The molecule has 0 bridgehead atoms. The molecule has 0 aliphatic carbocycles. The highest BCUT2D eigenvalue weighted by Crippen LogP contribution is 2.13. The number of nitrogens with two attached hydrogens (primary N) is 1. The lowest BCUT2D eigenvalue weighted by Crippen LogP contribution is -2.58. The first-order valence-electron chi connectivity index (χ1n) is 11.7. The number of hydrogen-bond acceptors (Lipinski definition) is 8. The van der Waals surface area contributed by atoms with Crippen LogP contribution in [-0.2, 0) is 30.4 Å². The molecule has 4 atom stereocenters. The predicted octanol–water partition coefficient (Wildman–Crippen LogP) is 0.0749. The first kappa shape index (κ1) is 31.7. The summed E-state index contributed by atoms with van der Waals surface area (Å²) in [5.41, 5.74) is 6.59. The van der Waals surface area contributed by atoms with Crippen LogP contribution >= 0.6 is 11.8 Å². The van der Waals surface area contributed by atoms with E-state index in [4.69, 9.17) is 10.8 Å². The summed E-state index contributed by atoms with van der Waals surface area (Å²) in [5.74, 6) is -4.46. The maximum absolute atomic E-state index is 13.3. The molecule has 0 aliphatic heterocycles. The molecular formula is C24H36N4O8S. The Balaban J connectivity index is 3.12. The van der Waals surface area contributed by atoms with Gasteiger partial charge in [-0.25, -0.2) is 4.79 Å². The number of hydrogen-bond donors (Lipinski definition) is 7. The minimum atomic E-state index is -1.68. The molecule has 37 heavy (non-hydrogen) atoms. The van der Waals surface area contributed by atoms with Gasteiger partial charge in [-0.1, -0.05) is 26.0 Å². The van der Waals surface area contributed by atoms with Crippen molar-refractivity contribution >= 4 is 41.4 Å². The van der Waals surface area contributed by atoms with Gasteiger partial charge in [0, 0.05) is 6.42 Å². The van der Waals surface area contributed by atoms with Gasteiger partial charge in [-0.05, 0) is 48.5 Å². The second-order valence-electron chi connectivity index (χ2n) is 9.01. The van der Waals surface area contributed by atoms with Crippen molar-refractivity contribution in [2.24, 2.45) is 11.7 Å². The highest BCUT2D eigenvalue weighted by Gasteiger charge is 2.31. The van der Waals surface area contributed by atoms with Crippen molar-refractivity contribution in [2.75, 3.05) is 12.0 Å². The van der Waals surface area contributed by atoms with Crippen LogP contribution in [0.5, 0.6) is 5.75 Å². The molecule has 1 aromatic rings. The van der Waals surface area contributed by atoms with Gasteiger partial charge in [0.2, 0.25) is 17.7 Å². The fraction of sp³-hybridized carbons (Fsp3) is 0.542. The molecule has 12 nitrogen and oxygen atoms in total. The van der Waals surface area contributed by atoms with E-state index in [1.165, 1.54) is 23.9 Å². The largest absolute Gasteiger partial charge is 0.508 e. The first-order valence-corrected chi connectivity index (χ1v) is 13.1. The Bertz CT molecular complexity index is 941. The van der Waals surface area contributed by atoms with E-state index in [9.17, 15) is 34.2 Å². The molecule has 206 valence electrons. The number of phenols is 1. The predicted molar refractivity (Wildman–Crippen MR) is 138 cm³/mol. The van der Waals surface area contributed by atoms with Crippen LogP contribution < -0.4 is 21.7 Å². The molecule has 0 aliphatic rings. The maximum Gasteiger partial charge on any atom is 0.326 e. The summed E-state index contributed by atoms with van der Waals surface area (Å²) < 4.78 is 0. The second-order valence-corrected chi connectivity index (χ2v) is 9.99. The normalized spacial score (nSPS) is 14.2. The van der Waals surface area contributed by atoms with Gasteiger partial charge in [-0.3, -0.25) is 19.2 Å². The molecule has 4 unspecified atom stereocenters. The Hall–Kier alpha value is -3.32. The number of rotatable bonds is 16. The van der Waals surface area contributed by atoms with Gasteiger partial charge in [0.25, 0.3) is 0 Å². The Morgan fingerprint density at radius 1 is 0.892 bits per heavy atom. The van der Waals surface area contributed by atoms with Crippen LogP contribution in [0.4, 0.5) is 0 Å². The van der Waals surface area contributed by atoms with Crippen LogP contribution in [0, 0.1) is 5.92 Å². The van der Waals surface area contributed by atoms with Gasteiger partial charge >= 0.3 is 11.9 Å². The van der Waals surface area contributed by atoms with Crippen molar-refractivity contribution in [1.82, 2.24) is 16.0 Å². The average molecular weight is 541 g/mol. The second kappa shape index (κ2) is 15.7. The zero-order chi connectivity index (χ0) is 28.1. The number of carbonyl (C=O) groups excluding carboxylic acids is 3. The van der Waals surface area contributed by atoms with E-state index < -0.39 is 60.2 Å². The maximum atomic E-state index is 13.3. The summed E-state index contributed by atoms with van der Waals surface area (Å²) in [7, 11) is 0. The lowest BCUT2D eigenvalue weighted by atomic mass is 10.0. The number of aliphatic carboxylic acids is 2. The number of aromatic hydroxyl groups is 1. The summed E-state index contributed by atoms with van der Waals surface area (Å²) in [5, 5.41) is 35.1. The van der Waals surface area contributed by atoms with Gasteiger partial charge in [-0.15, -0.1) is 0 Å². The summed E-state index contributed by atoms with van der Waals surface area (Å²) >= 11 is 1.39. The third-order valence-electron chi connectivity index (χ3n) is 5.31. The van der Waals surface area contributed by atoms with Crippen LogP contribution in [0.15, 0.2) is 24.3 Å². The summed E-state index contributed by atoms with van der Waals surface area (Å²) in [6, 6.07) is 1.17. The molecular weight excluding hydrogens is 504 g/mol. The highest BCUT2D eigenvalue weighted by molar-refractivity contribution is 7.98. The molecule has 0 saturated carbocycles. The fourth-order valence-corrected chi connectivity index (χ4v) is 3.87. The minimum absolute atomic E-state index is 0.0240. The molecule has 0 spiro atoms. The van der Waals surface area contributed by atoms with Gasteiger partial charge in [0.1, 0.15) is 23.9 Å². The van der Waals surface area contributed by atoms with Crippen LogP contribution in [-0.4, -0.2) is 81.2 Å². The standard InChI is InChI=1S/C24H36N4O8S/c1-13(2)10-16(25)21(32)27-18(11-14-4-6-15(29)7-5-14)23(34)26-17(8-9-37-3)22(33)28-19(24(35)36)12-20(30)31/h4-7,13,16-19,29H,8-12,25H2,1-3H3,(H,26,34)(H,27,32)(H,28,33)(H,30,31)(H,35,36). The molecule has 0 saturated heterocycles. The zero-order valence-corrected chi connectivity index (χ0v) is 21.9. The summed E-state index contributed by atoms with van der Waals surface area (Å²) in [6.45, 7) is 3.80. The number of benzene rings is 1. The fourth-order valence-electron chi connectivity index (χ4n) is 3.39. The molecule has 0 aromatic heterocycles. The number of phenolic OH excluding ortho intramolecular Hbond substituents is 1. The van der Waals surface area contributed by atoms with Gasteiger partial charge in [0.15, 0.2) is 0 Å². The van der Waals surface area contributed by atoms with E-state index in [2.05, 4.69) is 16.0 Å². The third kappa shape index (κ3) is 12.0. The monoisotopic (exact) mass is 540 g/mol. The molecule has 3 amide bonds. The van der Waals surface area contributed by atoms with Gasteiger partial charge in [-0.2, -0.15) is 11.8 Å². The zero-order valence-electron chi connectivity index (χ0n) is 21.1. The minimum Gasteiger partial charge on any atom is -0.508 e. The van der Waals surface area contributed by atoms with Crippen LogP contribution in [0.3, 0.4) is 0 Å². The number of amides is 3. The van der Waals surface area contributed by atoms with Crippen molar-refractivity contribution in [2.45, 2.75) is 63.7 Å². The Morgan fingerprint density at radius 2 is 1.43 bits per heavy atom. The lowest BCUT2D eigenvalue weighted by molar-refractivity contribution is -0.147. The van der Waals surface area contributed by atoms with Crippen LogP contribution in [0.1, 0.15) is 38.7 Å². The molecule has 1 rings (SSSR count). The topological polar surface area (TPSA) is 208 Å². The Kier molecular flexibility index (Phi) is 13.5. The van der Waals surface area contributed by atoms with E-state index in [0.29, 0.717) is 17.7 Å². The molecule has 1 aromatic carbocycles. The Labute approximate surface area is 219 Å². The first-order chi connectivity index (χ1) is 17.3. The number of carboxylic acids is 2. The molecule has 8 N–H and O–H groups in total. The number of nitrogens with one attached hydrogen (secondary N) is 3. The number of carboxylic acid groups (broad SMARTS) is 2. The van der Waals surface area contributed by atoms with Crippen molar-refractivity contribution in [3.8, 4) is 5.75 Å². The van der Waals surface area contributed by atoms with Crippen molar-refractivity contribution in [3.05, 3.63) is 29.8 Å². The smallest absolute Gasteiger partial charge is 0.326 e.